The minimum Gasteiger partial charge on any atom is -0.381 e. The van der Waals surface area contributed by atoms with E-state index in [1.165, 1.54) is 6.20 Å². The lowest BCUT2D eigenvalue weighted by Crippen LogP contribution is -2.53. The number of carbonyl (C=O) groups excluding carboxylic acids is 2. The highest BCUT2D eigenvalue weighted by Gasteiger charge is 2.31. The van der Waals surface area contributed by atoms with E-state index in [1.807, 2.05) is 6.07 Å². The number of rotatable bonds is 7. The molecule has 3 N–H and O–H groups in total. The van der Waals surface area contributed by atoms with Crippen LogP contribution in [0.3, 0.4) is 0 Å². The summed E-state index contributed by atoms with van der Waals surface area (Å²) in [5.41, 5.74) is 0.286. The van der Waals surface area contributed by atoms with Crippen LogP contribution in [-0.4, -0.2) is 80.3 Å². The molecule has 3 heterocycles. The lowest BCUT2D eigenvalue weighted by atomic mass is 9.97. The Labute approximate surface area is 180 Å². The highest BCUT2D eigenvalue weighted by Crippen LogP contribution is 2.21. The summed E-state index contributed by atoms with van der Waals surface area (Å²) in [4.78, 5) is 42.7. The lowest BCUT2D eigenvalue weighted by molar-refractivity contribution is -0.120. The minimum atomic E-state index is -0.573. The highest BCUT2D eigenvalue weighted by molar-refractivity contribution is 5.98. The van der Waals surface area contributed by atoms with Crippen LogP contribution in [0.1, 0.15) is 16.8 Å². The van der Waals surface area contributed by atoms with Crippen LogP contribution in [0.25, 0.3) is 10.9 Å². The van der Waals surface area contributed by atoms with Gasteiger partial charge in [0.15, 0.2) is 0 Å². The average Bonchev–Trinajstić information content (AvgIpc) is 3.33. The van der Waals surface area contributed by atoms with Crippen molar-refractivity contribution in [3.8, 4) is 0 Å². The summed E-state index contributed by atoms with van der Waals surface area (Å²) >= 11 is 0. The number of carbonyl (C=O) groups is 2. The zero-order valence-corrected chi connectivity index (χ0v) is 17.4. The lowest BCUT2D eigenvalue weighted by Gasteiger charge is -2.37. The summed E-state index contributed by atoms with van der Waals surface area (Å²) in [5, 5.41) is 5.91. The molecule has 0 bridgehead atoms. The second-order valence-corrected chi connectivity index (χ2v) is 7.90. The van der Waals surface area contributed by atoms with Gasteiger partial charge in [0.2, 0.25) is 11.3 Å². The third-order valence-electron chi connectivity index (χ3n) is 5.97. The number of nitrogens with zero attached hydrogens (tertiary/aromatic N) is 1. The zero-order valence-electron chi connectivity index (χ0n) is 17.4. The van der Waals surface area contributed by atoms with Crippen LogP contribution in [0.4, 0.5) is 0 Å². The summed E-state index contributed by atoms with van der Waals surface area (Å²) in [6.07, 6.45) is 2.35. The number of nitrogens with one attached hydrogen (secondary N) is 3. The number of para-hydroxylation sites is 1. The van der Waals surface area contributed by atoms with Gasteiger partial charge < -0.3 is 25.1 Å². The summed E-state index contributed by atoms with van der Waals surface area (Å²) in [7, 11) is 0. The number of hydrogen-bond acceptors (Lipinski definition) is 6. The van der Waals surface area contributed by atoms with Gasteiger partial charge in [-0.3, -0.25) is 19.3 Å². The Morgan fingerprint density at radius 1 is 1.13 bits per heavy atom. The van der Waals surface area contributed by atoms with E-state index in [0.717, 1.165) is 26.1 Å². The number of aromatic nitrogens is 1. The van der Waals surface area contributed by atoms with Crippen molar-refractivity contribution < 1.29 is 19.1 Å². The fraction of sp³-hybridized carbons (Fsp3) is 0.500. The van der Waals surface area contributed by atoms with Crippen LogP contribution in [0.15, 0.2) is 35.3 Å². The van der Waals surface area contributed by atoms with Gasteiger partial charge in [0.05, 0.1) is 26.4 Å². The van der Waals surface area contributed by atoms with Gasteiger partial charge in [-0.2, -0.15) is 0 Å². The zero-order chi connectivity index (χ0) is 21.6. The third kappa shape index (κ3) is 5.12. The van der Waals surface area contributed by atoms with E-state index in [-0.39, 0.29) is 29.5 Å². The molecule has 0 radical (unpaired) electrons. The molecule has 9 nitrogen and oxygen atoms in total. The van der Waals surface area contributed by atoms with Crippen molar-refractivity contribution in [1.29, 1.82) is 0 Å². The molecule has 1 aromatic heterocycles. The molecule has 2 aromatic rings. The molecule has 2 fully saturated rings. The summed E-state index contributed by atoms with van der Waals surface area (Å²) < 4.78 is 11.0. The largest absolute Gasteiger partial charge is 0.381 e. The van der Waals surface area contributed by atoms with Crippen molar-refractivity contribution in [3.63, 3.8) is 0 Å². The van der Waals surface area contributed by atoms with Gasteiger partial charge in [-0.15, -0.1) is 0 Å². The molecule has 2 unspecified atom stereocenters. The molecule has 0 aliphatic carbocycles. The van der Waals surface area contributed by atoms with Gasteiger partial charge in [-0.25, -0.2) is 0 Å². The van der Waals surface area contributed by atoms with E-state index >= 15 is 0 Å². The number of benzene rings is 1. The maximum atomic E-state index is 12.5. The van der Waals surface area contributed by atoms with Crippen molar-refractivity contribution in [2.75, 3.05) is 52.6 Å². The Hall–Kier alpha value is -2.75. The Morgan fingerprint density at radius 3 is 2.71 bits per heavy atom. The molecular weight excluding hydrogens is 400 g/mol. The molecule has 2 aliphatic rings. The predicted octanol–water partition coefficient (Wildman–Crippen LogP) is 0.111. The predicted molar refractivity (Wildman–Crippen MR) is 115 cm³/mol. The highest BCUT2D eigenvalue weighted by atomic mass is 16.5. The van der Waals surface area contributed by atoms with Gasteiger partial charge in [0.1, 0.15) is 5.56 Å². The quantitative estimate of drug-likeness (QED) is 0.577. The molecule has 2 atom stereocenters. The maximum absolute atomic E-state index is 12.5. The molecule has 166 valence electrons. The first-order valence-electron chi connectivity index (χ1n) is 10.7. The van der Waals surface area contributed by atoms with Crippen molar-refractivity contribution in [2.45, 2.75) is 12.5 Å². The first-order valence-corrected chi connectivity index (χ1v) is 10.7. The van der Waals surface area contributed by atoms with E-state index in [9.17, 15) is 14.4 Å². The van der Waals surface area contributed by atoms with E-state index in [1.54, 1.807) is 18.2 Å². The van der Waals surface area contributed by atoms with Crippen LogP contribution >= 0.6 is 0 Å². The molecule has 9 heteroatoms. The van der Waals surface area contributed by atoms with Gasteiger partial charge in [0.25, 0.3) is 5.91 Å². The molecule has 2 aliphatic heterocycles. The van der Waals surface area contributed by atoms with Gasteiger partial charge in [0, 0.05) is 55.3 Å². The summed E-state index contributed by atoms with van der Waals surface area (Å²) in [6.45, 7) is 4.77. The second-order valence-electron chi connectivity index (χ2n) is 7.90. The van der Waals surface area contributed by atoms with Crippen LogP contribution in [0.5, 0.6) is 0 Å². The summed E-state index contributed by atoms with van der Waals surface area (Å²) in [6, 6.07) is 7.16. The fourth-order valence-corrected chi connectivity index (χ4v) is 4.23. The topological polar surface area (TPSA) is 113 Å². The Kier molecular flexibility index (Phi) is 6.96. The Morgan fingerprint density at radius 2 is 1.94 bits per heavy atom. The van der Waals surface area contributed by atoms with Gasteiger partial charge in [-0.1, -0.05) is 12.1 Å². The first kappa shape index (κ1) is 21.5. The van der Waals surface area contributed by atoms with Crippen LogP contribution in [-0.2, 0) is 14.3 Å². The van der Waals surface area contributed by atoms with Gasteiger partial charge >= 0.3 is 0 Å². The average molecular weight is 428 g/mol. The van der Waals surface area contributed by atoms with E-state index < -0.39 is 5.91 Å². The fourth-order valence-electron chi connectivity index (χ4n) is 4.23. The third-order valence-corrected chi connectivity index (χ3v) is 5.97. The Balaban J connectivity index is 1.32. The van der Waals surface area contributed by atoms with E-state index in [0.29, 0.717) is 43.2 Å². The van der Waals surface area contributed by atoms with Crippen molar-refractivity contribution >= 4 is 22.7 Å². The van der Waals surface area contributed by atoms with Crippen LogP contribution in [0, 0.1) is 5.92 Å². The molecule has 0 spiro atoms. The second kappa shape index (κ2) is 10.0. The maximum Gasteiger partial charge on any atom is 0.257 e. The van der Waals surface area contributed by atoms with Crippen molar-refractivity contribution in [2.24, 2.45) is 5.92 Å². The number of morpholine rings is 1. The molecule has 4 rings (SSSR count). The Bertz CT molecular complexity index is 979. The standard InChI is InChI=1S/C22H28N4O5/c27-20(24-12-19(15-5-8-31-14-15)26-6-9-30-10-7-26)13-25-22(29)17-11-23-18-4-2-1-3-16(18)21(17)28/h1-4,11,15,19H,5-10,12-14H2,(H,23,28)(H,24,27)(H,25,29). The first-order chi connectivity index (χ1) is 15.1. The smallest absolute Gasteiger partial charge is 0.257 e. The summed E-state index contributed by atoms with van der Waals surface area (Å²) in [5.74, 6) is -0.497. The monoisotopic (exact) mass is 428 g/mol. The normalized spacial score (nSPS) is 20.5. The number of H-pyrrole nitrogens is 1. The van der Waals surface area contributed by atoms with Crippen molar-refractivity contribution in [1.82, 2.24) is 20.5 Å². The molecule has 2 amide bonds. The SMILES string of the molecule is O=C(CNC(=O)c1c[nH]c2ccccc2c1=O)NCC(C1CCOC1)N1CCOCC1. The van der Waals surface area contributed by atoms with Crippen LogP contribution < -0.4 is 16.1 Å². The van der Waals surface area contributed by atoms with E-state index in [2.05, 4.69) is 20.5 Å². The molecule has 2 saturated heterocycles. The van der Waals surface area contributed by atoms with E-state index in [4.69, 9.17) is 9.47 Å². The number of ether oxygens (including phenoxy) is 2. The number of fused-ring (bicyclic) bond motifs is 1. The number of aromatic amines is 1. The number of amides is 2. The molecule has 0 saturated carbocycles. The molecular formula is C22H28N4O5. The molecule has 31 heavy (non-hydrogen) atoms. The molecule has 1 aromatic carbocycles. The van der Waals surface area contributed by atoms with Crippen molar-refractivity contribution in [3.05, 3.63) is 46.2 Å². The van der Waals surface area contributed by atoms with Crippen LogP contribution in [0.2, 0.25) is 0 Å². The number of pyridine rings is 1. The van der Waals surface area contributed by atoms with Gasteiger partial charge in [-0.05, 0) is 18.6 Å². The number of hydrogen-bond donors (Lipinski definition) is 3. The minimum absolute atomic E-state index is 0.0132.